The number of benzene rings is 1. The minimum atomic E-state index is 0.611. The summed E-state index contributed by atoms with van der Waals surface area (Å²) in [6.07, 6.45) is 2.54. The molecule has 2 aromatic rings. The molecule has 0 radical (unpaired) electrons. The first-order valence-electron chi connectivity index (χ1n) is 5.02. The topological polar surface area (TPSA) is 52.0 Å². The Morgan fingerprint density at radius 3 is 2.87 bits per heavy atom. The van der Waals surface area contributed by atoms with Gasteiger partial charge in [0.15, 0.2) is 5.76 Å². The fraction of sp³-hybridized carbons (Fsp3) is 0.250. The second kappa shape index (κ2) is 4.28. The first-order valence-corrected chi connectivity index (χ1v) is 5.02. The highest BCUT2D eigenvalue weighted by Crippen LogP contribution is 2.26. The minimum Gasteiger partial charge on any atom is -0.356 e. The van der Waals surface area contributed by atoms with Crippen LogP contribution < -0.4 is 5.73 Å². The molecular formula is C12H14N2O. The molecule has 2 rings (SSSR count). The Morgan fingerprint density at radius 1 is 1.33 bits per heavy atom. The van der Waals surface area contributed by atoms with E-state index in [4.69, 9.17) is 10.3 Å². The van der Waals surface area contributed by atoms with Crippen LogP contribution >= 0.6 is 0 Å². The number of rotatable bonds is 3. The van der Waals surface area contributed by atoms with Gasteiger partial charge in [-0.2, -0.15) is 0 Å². The Bertz CT molecular complexity index is 448. The molecule has 0 unspecified atom stereocenters. The van der Waals surface area contributed by atoms with Gasteiger partial charge in [0.2, 0.25) is 0 Å². The van der Waals surface area contributed by atoms with Crippen molar-refractivity contribution in [2.24, 2.45) is 5.73 Å². The number of aryl methyl sites for hydroxylation is 1. The number of aromatic nitrogens is 1. The number of hydrogen-bond donors (Lipinski definition) is 1. The summed E-state index contributed by atoms with van der Waals surface area (Å²) in [5.74, 6) is 0.846. The molecule has 78 valence electrons. The predicted molar refractivity (Wildman–Crippen MR) is 59.4 cm³/mol. The molecule has 0 atom stereocenters. The van der Waals surface area contributed by atoms with Crippen LogP contribution in [0.5, 0.6) is 0 Å². The molecule has 0 aliphatic rings. The fourth-order valence-corrected chi connectivity index (χ4v) is 1.64. The first-order chi connectivity index (χ1) is 7.33. The lowest BCUT2D eigenvalue weighted by molar-refractivity contribution is 0.431. The van der Waals surface area contributed by atoms with Gasteiger partial charge in [-0.05, 0) is 25.5 Å². The maximum Gasteiger partial charge on any atom is 0.170 e. The number of nitrogens with zero attached hydrogens (tertiary/aromatic N) is 1. The Kier molecular flexibility index (Phi) is 2.83. The van der Waals surface area contributed by atoms with Crippen molar-refractivity contribution in [1.29, 1.82) is 0 Å². The number of nitrogens with two attached hydrogens (primary N) is 1. The largest absolute Gasteiger partial charge is 0.356 e. The Morgan fingerprint density at radius 2 is 2.13 bits per heavy atom. The Hall–Kier alpha value is -1.61. The third kappa shape index (κ3) is 1.92. The Balaban J connectivity index is 2.45. The normalized spacial score (nSPS) is 10.5. The van der Waals surface area contributed by atoms with E-state index in [0.29, 0.717) is 6.54 Å². The van der Waals surface area contributed by atoms with Gasteiger partial charge >= 0.3 is 0 Å². The third-order valence-electron chi connectivity index (χ3n) is 2.45. The van der Waals surface area contributed by atoms with Crippen LogP contribution in [0.1, 0.15) is 11.1 Å². The molecule has 2 N–H and O–H groups in total. The van der Waals surface area contributed by atoms with E-state index in [1.165, 1.54) is 5.56 Å². The molecule has 0 saturated heterocycles. The quantitative estimate of drug-likeness (QED) is 0.829. The number of hydrogen-bond acceptors (Lipinski definition) is 3. The molecule has 0 bridgehead atoms. The van der Waals surface area contributed by atoms with Gasteiger partial charge in [0.1, 0.15) is 0 Å². The summed E-state index contributed by atoms with van der Waals surface area (Å²) in [6.45, 7) is 2.67. The molecule has 0 aliphatic heterocycles. The van der Waals surface area contributed by atoms with Crippen molar-refractivity contribution in [2.75, 3.05) is 6.54 Å². The van der Waals surface area contributed by atoms with Crippen LogP contribution in [0.2, 0.25) is 0 Å². The smallest absolute Gasteiger partial charge is 0.170 e. The van der Waals surface area contributed by atoms with Crippen molar-refractivity contribution in [3.63, 3.8) is 0 Å². The lowest BCUT2D eigenvalue weighted by atomic mass is 10.0. The van der Waals surface area contributed by atoms with Crippen LogP contribution in [-0.4, -0.2) is 11.7 Å². The molecule has 1 aromatic carbocycles. The molecule has 3 nitrogen and oxygen atoms in total. The zero-order valence-corrected chi connectivity index (χ0v) is 8.73. The summed E-state index contributed by atoms with van der Waals surface area (Å²) in [5.41, 5.74) is 8.89. The van der Waals surface area contributed by atoms with Crippen molar-refractivity contribution >= 4 is 0 Å². The Labute approximate surface area is 88.9 Å². The van der Waals surface area contributed by atoms with E-state index < -0.39 is 0 Å². The van der Waals surface area contributed by atoms with E-state index in [-0.39, 0.29) is 0 Å². The van der Waals surface area contributed by atoms with Crippen LogP contribution in [-0.2, 0) is 6.42 Å². The molecular weight excluding hydrogens is 188 g/mol. The third-order valence-corrected chi connectivity index (χ3v) is 2.45. The standard InChI is InChI=1S/C12H14N2O/c1-9-4-2-3-5-11(9)12-10(6-7-13)8-14-15-12/h2-5,8H,6-7,13H2,1H3. The van der Waals surface area contributed by atoms with E-state index in [0.717, 1.165) is 23.3 Å². The van der Waals surface area contributed by atoms with E-state index in [9.17, 15) is 0 Å². The monoisotopic (exact) mass is 202 g/mol. The summed E-state index contributed by atoms with van der Waals surface area (Å²) in [6, 6.07) is 8.11. The molecule has 15 heavy (non-hydrogen) atoms. The highest BCUT2D eigenvalue weighted by atomic mass is 16.5. The minimum absolute atomic E-state index is 0.611. The maximum atomic E-state index is 5.54. The summed E-state index contributed by atoms with van der Waals surface area (Å²) >= 11 is 0. The van der Waals surface area contributed by atoms with Crippen LogP contribution in [0.4, 0.5) is 0 Å². The van der Waals surface area contributed by atoms with E-state index >= 15 is 0 Å². The van der Waals surface area contributed by atoms with Gasteiger partial charge in [-0.15, -0.1) is 0 Å². The van der Waals surface area contributed by atoms with Gasteiger partial charge in [0, 0.05) is 11.1 Å². The van der Waals surface area contributed by atoms with E-state index in [1.54, 1.807) is 6.20 Å². The first kappa shape index (κ1) is 9.93. The van der Waals surface area contributed by atoms with Crippen LogP contribution in [0, 0.1) is 6.92 Å². The van der Waals surface area contributed by atoms with Crippen molar-refractivity contribution in [1.82, 2.24) is 5.16 Å². The summed E-state index contributed by atoms with van der Waals surface area (Å²) < 4.78 is 5.28. The lowest BCUT2D eigenvalue weighted by Crippen LogP contribution is -2.02. The zero-order valence-electron chi connectivity index (χ0n) is 8.73. The van der Waals surface area contributed by atoms with Gasteiger partial charge in [0.25, 0.3) is 0 Å². The fourth-order valence-electron chi connectivity index (χ4n) is 1.64. The van der Waals surface area contributed by atoms with Crippen molar-refractivity contribution in [2.45, 2.75) is 13.3 Å². The molecule has 0 fully saturated rings. The zero-order chi connectivity index (χ0) is 10.7. The van der Waals surface area contributed by atoms with Gasteiger partial charge in [-0.1, -0.05) is 29.4 Å². The average molecular weight is 202 g/mol. The molecule has 0 saturated carbocycles. The molecule has 0 amide bonds. The van der Waals surface area contributed by atoms with Gasteiger partial charge in [-0.25, -0.2) is 0 Å². The highest BCUT2D eigenvalue weighted by Gasteiger charge is 2.11. The van der Waals surface area contributed by atoms with E-state index in [2.05, 4.69) is 18.1 Å². The summed E-state index contributed by atoms with van der Waals surface area (Å²) in [4.78, 5) is 0. The average Bonchev–Trinajstić information content (AvgIpc) is 2.67. The van der Waals surface area contributed by atoms with Crippen molar-refractivity contribution in [3.05, 3.63) is 41.6 Å². The second-order valence-electron chi connectivity index (χ2n) is 3.53. The SMILES string of the molecule is Cc1ccccc1-c1oncc1CCN. The van der Waals surface area contributed by atoms with Gasteiger partial charge in [-0.3, -0.25) is 0 Å². The summed E-state index contributed by atoms with van der Waals surface area (Å²) in [5, 5.41) is 3.83. The highest BCUT2D eigenvalue weighted by molar-refractivity contribution is 5.64. The molecule has 0 aliphatic carbocycles. The second-order valence-corrected chi connectivity index (χ2v) is 3.53. The van der Waals surface area contributed by atoms with Crippen molar-refractivity contribution < 1.29 is 4.52 Å². The maximum absolute atomic E-state index is 5.54. The molecule has 0 spiro atoms. The molecule has 1 heterocycles. The summed E-state index contributed by atoms with van der Waals surface area (Å²) in [7, 11) is 0. The predicted octanol–water partition coefficient (Wildman–Crippen LogP) is 2.15. The molecule has 1 aromatic heterocycles. The van der Waals surface area contributed by atoms with Crippen LogP contribution in [0.3, 0.4) is 0 Å². The van der Waals surface area contributed by atoms with Crippen molar-refractivity contribution in [3.8, 4) is 11.3 Å². The lowest BCUT2D eigenvalue weighted by Gasteiger charge is -2.03. The van der Waals surface area contributed by atoms with E-state index in [1.807, 2.05) is 18.2 Å². The molecule has 3 heteroatoms. The van der Waals surface area contributed by atoms with Crippen LogP contribution in [0.25, 0.3) is 11.3 Å². The van der Waals surface area contributed by atoms with Gasteiger partial charge < -0.3 is 10.3 Å². The van der Waals surface area contributed by atoms with Gasteiger partial charge in [0.05, 0.1) is 6.20 Å². The van der Waals surface area contributed by atoms with Crippen LogP contribution in [0.15, 0.2) is 35.0 Å².